The van der Waals surface area contributed by atoms with Crippen molar-refractivity contribution >= 4 is 17.5 Å². The van der Waals surface area contributed by atoms with Crippen LogP contribution < -0.4 is 5.32 Å². The van der Waals surface area contributed by atoms with Crippen LogP contribution in [0.4, 0.5) is 5.95 Å². The summed E-state index contributed by atoms with van der Waals surface area (Å²) in [6.07, 6.45) is 1.17. The molecule has 2 N–H and O–H groups in total. The summed E-state index contributed by atoms with van der Waals surface area (Å²) in [6.45, 7) is 6.05. The fourth-order valence-corrected chi connectivity index (χ4v) is 4.06. The summed E-state index contributed by atoms with van der Waals surface area (Å²) in [7, 11) is 0. The Hall–Kier alpha value is -2.81. The van der Waals surface area contributed by atoms with Crippen molar-refractivity contribution in [2.24, 2.45) is 5.92 Å². The third-order valence-corrected chi connectivity index (χ3v) is 6.05. The lowest BCUT2D eigenvalue weighted by molar-refractivity contribution is -0.131. The number of anilines is 1. The van der Waals surface area contributed by atoms with E-state index in [0.29, 0.717) is 31.4 Å². The highest BCUT2D eigenvalue weighted by atomic mass is 16.5. The molecular formula is C23H27N5O3. The molecule has 0 bridgehead atoms. The van der Waals surface area contributed by atoms with Crippen LogP contribution in [-0.2, 0) is 9.53 Å². The van der Waals surface area contributed by atoms with Gasteiger partial charge in [-0.2, -0.15) is 4.98 Å². The van der Waals surface area contributed by atoms with Crippen molar-refractivity contribution in [2.45, 2.75) is 38.5 Å². The first-order chi connectivity index (χ1) is 14.9. The number of ether oxygens (including phenoxy) is 1. The third-order valence-electron chi connectivity index (χ3n) is 6.05. The number of fused-ring (bicyclic) bond motifs is 1. The Labute approximate surface area is 180 Å². The molecular weight excluding hydrogens is 394 g/mol. The van der Waals surface area contributed by atoms with Gasteiger partial charge in [0, 0.05) is 23.6 Å². The molecule has 3 heterocycles. The summed E-state index contributed by atoms with van der Waals surface area (Å²) in [5.41, 5.74) is 3.09. The van der Waals surface area contributed by atoms with Crippen LogP contribution in [0.2, 0.25) is 0 Å². The number of aliphatic hydroxyl groups is 1. The van der Waals surface area contributed by atoms with Gasteiger partial charge in [0.15, 0.2) is 5.65 Å². The van der Waals surface area contributed by atoms with Crippen molar-refractivity contribution in [2.75, 3.05) is 25.1 Å². The first-order valence-corrected chi connectivity index (χ1v) is 10.7. The summed E-state index contributed by atoms with van der Waals surface area (Å²) in [5.74, 6) is 0.411. The van der Waals surface area contributed by atoms with E-state index in [1.807, 2.05) is 42.5 Å². The van der Waals surface area contributed by atoms with Crippen LogP contribution in [0.15, 0.2) is 42.5 Å². The van der Waals surface area contributed by atoms with Gasteiger partial charge < -0.3 is 9.84 Å². The van der Waals surface area contributed by atoms with Gasteiger partial charge in [0.2, 0.25) is 11.9 Å². The monoisotopic (exact) mass is 421 g/mol. The minimum Gasteiger partial charge on any atom is -0.378 e. The minimum absolute atomic E-state index is 0.0122. The molecule has 1 saturated heterocycles. The lowest BCUT2D eigenvalue weighted by Gasteiger charge is -2.44. The van der Waals surface area contributed by atoms with E-state index < -0.39 is 6.23 Å². The average molecular weight is 422 g/mol. The first kappa shape index (κ1) is 20.1. The second-order valence-electron chi connectivity index (χ2n) is 8.93. The van der Waals surface area contributed by atoms with Crippen molar-refractivity contribution in [3.05, 3.63) is 48.0 Å². The van der Waals surface area contributed by atoms with Gasteiger partial charge in [0.25, 0.3) is 0 Å². The lowest BCUT2D eigenvalue weighted by atomic mass is 9.99. The molecule has 1 aromatic carbocycles. The summed E-state index contributed by atoms with van der Waals surface area (Å²) in [5, 5.41) is 18.3. The number of carbonyl (C=O) groups excluding carboxylic acids is 1. The van der Waals surface area contributed by atoms with Crippen molar-refractivity contribution in [3.8, 4) is 11.3 Å². The van der Waals surface area contributed by atoms with Crippen LogP contribution in [0.25, 0.3) is 16.9 Å². The van der Waals surface area contributed by atoms with Gasteiger partial charge in [-0.1, -0.05) is 30.3 Å². The number of benzene rings is 1. The zero-order valence-corrected chi connectivity index (χ0v) is 17.8. The Bertz CT molecular complexity index is 1100. The van der Waals surface area contributed by atoms with Crippen molar-refractivity contribution in [1.29, 1.82) is 0 Å². The predicted octanol–water partition coefficient (Wildman–Crippen LogP) is 2.85. The molecule has 1 amide bonds. The van der Waals surface area contributed by atoms with Crippen molar-refractivity contribution < 1.29 is 14.6 Å². The van der Waals surface area contributed by atoms with E-state index in [9.17, 15) is 9.90 Å². The highest BCUT2D eigenvalue weighted by molar-refractivity contribution is 5.92. The second kappa shape index (κ2) is 7.71. The standard InChI is InChI=1S/C23H27N5O3/c1-23(2)14-31-13-12-27(23)21(30)17-10-6-15(7-11-17)18-4-3-5-19-24-22(26-28(18)19)25-20(29)16-8-9-16/h3-7,10-11,16,21,30H,8-9,12-14H2,1-2H3,(H,25,26,29). The topological polar surface area (TPSA) is 92.0 Å². The van der Waals surface area contributed by atoms with Gasteiger partial charge in [-0.25, -0.2) is 4.52 Å². The Morgan fingerprint density at radius 3 is 2.71 bits per heavy atom. The molecule has 31 heavy (non-hydrogen) atoms. The number of hydrogen-bond donors (Lipinski definition) is 2. The largest absolute Gasteiger partial charge is 0.378 e. The normalized spacial score (nSPS) is 20.0. The molecule has 2 aromatic heterocycles. The van der Waals surface area contributed by atoms with E-state index in [4.69, 9.17) is 4.74 Å². The molecule has 1 unspecified atom stereocenters. The van der Waals surface area contributed by atoms with E-state index in [1.54, 1.807) is 4.52 Å². The molecule has 1 aliphatic heterocycles. The number of aliphatic hydroxyl groups excluding tert-OH is 1. The maximum absolute atomic E-state index is 12.0. The summed E-state index contributed by atoms with van der Waals surface area (Å²) < 4.78 is 7.30. The number of pyridine rings is 1. The fraction of sp³-hybridized carbons (Fsp3) is 0.435. The van der Waals surface area contributed by atoms with Crippen LogP contribution >= 0.6 is 0 Å². The molecule has 3 aromatic rings. The maximum Gasteiger partial charge on any atom is 0.249 e. The fourth-order valence-electron chi connectivity index (χ4n) is 4.06. The number of rotatable bonds is 5. The molecule has 2 fully saturated rings. The number of amides is 1. The van der Waals surface area contributed by atoms with E-state index in [-0.39, 0.29) is 17.4 Å². The molecule has 162 valence electrons. The molecule has 5 rings (SSSR count). The Morgan fingerprint density at radius 2 is 2.00 bits per heavy atom. The molecule has 2 aliphatic rings. The summed E-state index contributed by atoms with van der Waals surface area (Å²) in [4.78, 5) is 18.5. The van der Waals surface area contributed by atoms with Gasteiger partial charge >= 0.3 is 0 Å². The number of morpholine rings is 1. The molecule has 1 aliphatic carbocycles. The number of nitrogens with zero attached hydrogens (tertiary/aromatic N) is 4. The number of aromatic nitrogens is 3. The van der Waals surface area contributed by atoms with Gasteiger partial charge in [-0.3, -0.25) is 15.0 Å². The summed E-state index contributed by atoms with van der Waals surface area (Å²) in [6, 6.07) is 13.6. The third kappa shape index (κ3) is 3.94. The van der Waals surface area contributed by atoms with Crippen LogP contribution in [0, 0.1) is 5.92 Å². The minimum atomic E-state index is -0.695. The molecule has 0 radical (unpaired) electrons. The summed E-state index contributed by atoms with van der Waals surface area (Å²) >= 11 is 0. The first-order valence-electron chi connectivity index (χ1n) is 10.7. The predicted molar refractivity (Wildman–Crippen MR) is 116 cm³/mol. The molecule has 1 saturated carbocycles. The number of nitrogens with one attached hydrogen (secondary N) is 1. The number of carbonyl (C=O) groups is 1. The molecule has 0 spiro atoms. The molecule has 8 heteroatoms. The van der Waals surface area contributed by atoms with Crippen LogP contribution in [0.5, 0.6) is 0 Å². The SMILES string of the molecule is CC1(C)COCCN1C(O)c1ccc(-c2cccc3nc(NC(=O)C4CC4)nn23)cc1. The Morgan fingerprint density at radius 1 is 1.23 bits per heavy atom. The van der Waals surface area contributed by atoms with Gasteiger partial charge in [0.1, 0.15) is 6.23 Å². The van der Waals surface area contributed by atoms with Gasteiger partial charge in [-0.15, -0.1) is 5.10 Å². The Kier molecular flexibility index (Phi) is 5.00. The highest BCUT2D eigenvalue weighted by Gasteiger charge is 2.35. The maximum atomic E-state index is 12.0. The zero-order valence-electron chi connectivity index (χ0n) is 17.8. The van der Waals surface area contributed by atoms with E-state index in [1.165, 1.54) is 0 Å². The van der Waals surface area contributed by atoms with Gasteiger partial charge in [0.05, 0.1) is 18.9 Å². The zero-order chi connectivity index (χ0) is 21.6. The number of hydrogen-bond acceptors (Lipinski definition) is 6. The van der Waals surface area contributed by atoms with E-state index in [0.717, 1.165) is 29.7 Å². The van der Waals surface area contributed by atoms with Crippen LogP contribution in [0.1, 0.15) is 38.5 Å². The average Bonchev–Trinajstić information content (AvgIpc) is 3.53. The molecule has 1 atom stereocenters. The second-order valence-corrected chi connectivity index (χ2v) is 8.93. The van der Waals surface area contributed by atoms with E-state index in [2.05, 4.69) is 34.1 Å². The smallest absolute Gasteiger partial charge is 0.249 e. The van der Waals surface area contributed by atoms with Crippen LogP contribution in [-0.4, -0.2) is 55.8 Å². The van der Waals surface area contributed by atoms with E-state index >= 15 is 0 Å². The highest BCUT2D eigenvalue weighted by Crippen LogP contribution is 2.31. The van der Waals surface area contributed by atoms with Gasteiger partial charge in [-0.05, 0) is 44.4 Å². The quantitative estimate of drug-likeness (QED) is 0.658. The van der Waals surface area contributed by atoms with Crippen molar-refractivity contribution in [3.63, 3.8) is 0 Å². The molecule has 8 nitrogen and oxygen atoms in total. The van der Waals surface area contributed by atoms with Crippen LogP contribution in [0.3, 0.4) is 0 Å². The van der Waals surface area contributed by atoms with Crippen molar-refractivity contribution in [1.82, 2.24) is 19.5 Å². The lowest BCUT2D eigenvalue weighted by Crippen LogP contribution is -2.54. The Balaban J connectivity index is 1.40.